The normalized spacial score (nSPS) is 32.6. The fraction of sp³-hybridized carbons (Fsp3) is 0.571. The van der Waals surface area contributed by atoms with E-state index in [0.717, 1.165) is 19.3 Å². The summed E-state index contributed by atoms with van der Waals surface area (Å²) in [4.78, 5) is 17.8. The number of pyridine rings is 1. The number of carboxylic acids is 1. The van der Waals surface area contributed by atoms with Crippen molar-refractivity contribution in [3.05, 3.63) is 30.1 Å². The van der Waals surface area contributed by atoms with Gasteiger partial charge in [0, 0.05) is 30.5 Å². The lowest BCUT2D eigenvalue weighted by molar-refractivity contribution is -0.142. The topological polar surface area (TPSA) is 53.4 Å². The summed E-state index contributed by atoms with van der Waals surface area (Å²) in [6.45, 7) is 2.16. The molecule has 4 unspecified atom stereocenters. The van der Waals surface area contributed by atoms with Crippen LogP contribution in [-0.2, 0) is 4.79 Å². The fourth-order valence-corrected chi connectivity index (χ4v) is 3.69. The van der Waals surface area contributed by atoms with Crippen LogP contribution in [0.4, 0.5) is 0 Å². The quantitative estimate of drug-likeness (QED) is 0.887. The summed E-state index contributed by atoms with van der Waals surface area (Å²) in [6.07, 6.45) is 6.63. The largest absolute Gasteiger partial charge is 0.481 e. The third-order valence-corrected chi connectivity index (χ3v) is 4.52. The Bertz CT molecular complexity index is 448. The van der Waals surface area contributed by atoms with Crippen LogP contribution in [0.2, 0.25) is 0 Å². The molecule has 0 aliphatic carbocycles. The van der Waals surface area contributed by atoms with Gasteiger partial charge in [-0.3, -0.25) is 14.7 Å². The van der Waals surface area contributed by atoms with Gasteiger partial charge < -0.3 is 5.11 Å². The van der Waals surface area contributed by atoms with Crippen LogP contribution in [0, 0.1) is 5.92 Å². The molecular weight excluding hydrogens is 228 g/mol. The molecule has 3 rings (SSSR count). The maximum absolute atomic E-state index is 11.3. The van der Waals surface area contributed by atoms with E-state index in [1.807, 2.05) is 12.3 Å². The Labute approximate surface area is 107 Å². The number of aromatic nitrogens is 1. The van der Waals surface area contributed by atoms with Crippen molar-refractivity contribution in [3.63, 3.8) is 0 Å². The molecule has 0 spiro atoms. The lowest BCUT2D eigenvalue weighted by Crippen LogP contribution is -2.35. The van der Waals surface area contributed by atoms with E-state index >= 15 is 0 Å². The molecule has 0 saturated carbocycles. The minimum atomic E-state index is -0.634. The van der Waals surface area contributed by atoms with Crippen LogP contribution in [-0.4, -0.2) is 33.0 Å². The molecule has 1 aromatic rings. The van der Waals surface area contributed by atoms with E-state index in [0.29, 0.717) is 6.04 Å². The number of aliphatic carboxylic acids is 1. The van der Waals surface area contributed by atoms with Gasteiger partial charge in [-0.1, -0.05) is 6.07 Å². The van der Waals surface area contributed by atoms with Crippen LogP contribution in [0.1, 0.15) is 37.8 Å². The molecule has 2 aliphatic rings. The zero-order valence-corrected chi connectivity index (χ0v) is 10.5. The molecule has 1 aromatic heterocycles. The first-order chi connectivity index (χ1) is 8.68. The fourth-order valence-electron chi connectivity index (χ4n) is 3.69. The van der Waals surface area contributed by atoms with E-state index in [4.69, 9.17) is 0 Å². The number of carboxylic acid groups (broad SMARTS) is 1. The van der Waals surface area contributed by atoms with Gasteiger partial charge in [0.15, 0.2) is 0 Å². The second-order valence-electron chi connectivity index (χ2n) is 5.39. The molecular formula is C14H18N2O2. The molecule has 96 valence electrons. The van der Waals surface area contributed by atoms with Crippen molar-refractivity contribution in [3.8, 4) is 0 Å². The molecule has 2 bridgehead atoms. The molecule has 0 aromatic carbocycles. The average Bonchev–Trinajstić information content (AvgIpc) is 2.96. The van der Waals surface area contributed by atoms with Gasteiger partial charge >= 0.3 is 5.97 Å². The Hall–Kier alpha value is -1.42. The predicted octanol–water partition coefficient (Wildman–Crippen LogP) is 2.08. The molecule has 4 atom stereocenters. The highest BCUT2D eigenvalue weighted by molar-refractivity contribution is 5.71. The Morgan fingerprint density at radius 2 is 2.39 bits per heavy atom. The number of fused-ring (bicyclic) bond motifs is 2. The SMILES string of the molecule is CC(c1cccnc1)N1C2CCC1C(C(=O)O)C2. The molecule has 0 radical (unpaired) electrons. The van der Waals surface area contributed by atoms with Crippen molar-refractivity contribution in [2.24, 2.45) is 5.92 Å². The Kier molecular flexibility index (Phi) is 2.82. The Morgan fingerprint density at radius 3 is 3.00 bits per heavy atom. The van der Waals surface area contributed by atoms with Crippen molar-refractivity contribution < 1.29 is 9.90 Å². The van der Waals surface area contributed by atoms with Crippen LogP contribution in [0.15, 0.2) is 24.5 Å². The zero-order chi connectivity index (χ0) is 12.7. The Balaban J connectivity index is 1.84. The summed E-state index contributed by atoms with van der Waals surface area (Å²) in [6, 6.07) is 4.93. The monoisotopic (exact) mass is 246 g/mol. The summed E-state index contributed by atoms with van der Waals surface area (Å²) in [5.41, 5.74) is 1.18. The van der Waals surface area contributed by atoms with Crippen molar-refractivity contribution in [1.82, 2.24) is 9.88 Å². The first kappa shape index (κ1) is 11.7. The third kappa shape index (κ3) is 1.72. The lowest BCUT2D eigenvalue weighted by atomic mass is 9.89. The molecule has 2 saturated heterocycles. The van der Waals surface area contributed by atoms with Gasteiger partial charge in [-0.25, -0.2) is 0 Å². The predicted molar refractivity (Wildman–Crippen MR) is 67.0 cm³/mol. The van der Waals surface area contributed by atoms with Gasteiger partial charge in [0.05, 0.1) is 5.92 Å². The van der Waals surface area contributed by atoms with Gasteiger partial charge in [0.25, 0.3) is 0 Å². The van der Waals surface area contributed by atoms with Crippen LogP contribution in [0.25, 0.3) is 0 Å². The second kappa shape index (κ2) is 4.35. The summed E-state index contributed by atoms with van der Waals surface area (Å²) in [7, 11) is 0. The molecule has 2 aliphatic heterocycles. The number of nitrogens with zero attached hydrogens (tertiary/aromatic N) is 2. The minimum absolute atomic E-state index is 0.178. The average molecular weight is 246 g/mol. The van der Waals surface area contributed by atoms with Gasteiger partial charge in [-0.15, -0.1) is 0 Å². The first-order valence-electron chi connectivity index (χ1n) is 6.58. The van der Waals surface area contributed by atoms with Crippen molar-refractivity contribution in [1.29, 1.82) is 0 Å². The van der Waals surface area contributed by atoms with Gasteiger partial charge in [0.2, 0.25) is 0 Å². The number of carbonyl (C=O) groups is 1. The van der Waals surface area contributed by atoms with Gasteiger partial charge in [-0.2, -0.15) is 0 Å². The minimum Gasteiger partial charge on any atom is -0.481 e. The molecule has 18 heavy (non-hydrogen) atoms. The van der Waals surface area contributed by atoms with E-state index in [1.54, 1.807) is 6.20 Å². The van der Waals surface area contributed by atoms with E-state index in [1.165, 1.54) is 5.56 Å². The highest BCUT2D eigenvalue weighted by Crippen LogP contribution is 2.46. The molecule has 0 amide bonds. The summed E-state index contributed by atoms with van der Waals surface area (Å²) in [5.74, 6) is -0.812. The van der Waals surface area contributed by atoms with E-state index < -0.39 is 5.97 Å². The Morgan fingerprint density at radius 1 is 1.56 bits per heavy atom. The van der Waals surface area contributed by atoms with Crippen molar-refractivity contribution >= 4 is 5.97 Å². The molecule has 1 N–H and O–H groups in total. The number of hydrogen-bond acceptors (Lipinski definition) is 3. The molecule has 3 heterocycles. The second-order valence-corrected chi connectivity index (χ2v) is 5.39. The molecule has 2 fully saturated rings. The van der Waals surface area contributed by atoms with Gasteiger partial charge in [0.1, 0.15) is 0 Å². The molecule has 4 nitrogen and oxygen atoms in total. The summed E-state index contributed by atoms with van der Waals surface area (Å²) in [5, 5.41) is 9.27. The first-order valence-corrected chi connectivity index (χ1v) is 6.58. The van der Waals surface area contributed by atoms with Crippen molar-refractivity contribution in [2.45, 2.75) is 44.3 Å². The highest BCUT2D eigenvalue weighted by atomic mass is 16.4. The number of rotatable bonds is 3. The van der Waals surface area contributed by atoms with E-state index in [-0.39, 0.29) is 18.0 Å². The van der Waals surface area contributed by atoms with E-state index in [2.05, 4.69) is 22.9 Å². The van der Waals surface area contributed by atoms with Crippen LogP contribution >= 0.6 is 0 Å². The highest BCUT2D eigenvalue weighted by Gasteiger charge is 2.50. The van der Waals surface area contributed by atoms with Crippen LogP contribution in [0.3, 0.4) is 0 Å². The van der Waals surface area contributed by atoms with E-state index in [9.17, 15) is 9.90 Å². The third-order valence-electron chi connectivity index (χ3n) is 4.52. The number of hydrogen-bond donors (Lipinski definition) is 1. The van der Waals surface area contributed by atoms with Crippen LogP contribution < -0.4 is 0 Å². The molecule has 4 heteroatoms. The van der Waals surface area contributed by atoms with Gasteiger partial charge in [-0.05, 0) is 37.8 Å². The smallest absolute Gasteiger partial charge is 0.308 e. The summed E-state index contributed by atoms with van der Waals surface area (Å²) >= 11 is 0. The zero-order valence-electron chi connectivity index (χ0n) is 10.5. The maximum atomic E-state index is 11.3. The standard InChI is InChI=1S/C14H18N2O2/c1-9(10-3-2-6-15-8-10)16-11-4-5-13(16)12(7-11)14(17)18/h2-3,6,8-9,11-13H,4-5,7H2,1H3,(H,17,18). The van der Waals surface area contributed by atoms with Crippen molar-refractivity contribution in [2.75, 3.05) is 0 Å². The lowest BCUT2D eigenvalue weighted by Gasteiger charge is -2.29. The maximum Gasteiger partial charge on any atom is 0.308 e. The summed E-state index contributed by atoms with van der Waals surface area (Å²) < 4.78 is 0. The van der Waals surface area contributed by atoms with Crippen LogP contribution in [0.5, 0.6) is 0 Å².